The van der Waals surface area contributed by atoms with Gasteiger partial charge in [-0.1, -0.05) is 17.7 Å². The first-order valence-electron chi connectivity index (χ1n) is 9.33. The fraction of sp³-hybridized carbons (Fsp3) is 0.217. The Hall–Kier alpha value is -3.19. The predicted octanol–water partition coefficient (Wildman–Crippen LogP) is 4.42. The lowest BCUT2D eigenvalue weighted by Gasteiger charge is -2.25. The van der Waals surface area contributed by atoms with Crippen LogP contribution in [-0.2, 0) is 16.6 Å². The van der Waals surface area contributed by atoms with Crippen molar-refractivity contribution in [2.24, 2.45) is 0 Å². The standard InChI is InChI=1S/C23H25NO5S/c1-17-5-7-19(8-6-17)24(16-18-13-21(28-3)15-22(14-18)29-4)30(25,26)23-11-9-20(27-2)10-12-23/h5-15H,16H2,1-4H3. The molecule has 3 aromatic carbocycles. The van der Waals surface area contributed by atoms with Crippen molar-refractivity contribution in [2.75, 3.05) is 25.6 Å². The molecule has 30 heavy (non-hydrogen) atoms. The molecule has 0 saturated heterocycles. The number of hydrogen-bond donors (Lipinski definition) is 0. The smallest absolute Gasteiger partial charge is 0.264 e. The molecule has 0 unspecified atom stereocenters. The Bertz CT molecular complexity index is 1070. The molecule has 0 amide bonds. The molecule has 0 aliphatic rings. The first-order chi connectivity index (χ1) is 14.4. The van der Waals surface area contributed by atoms with Gasteiger partial charge in [-0.15, -0.1) is 0 Å². The van der Waals surface area contributed by atoms with Gasteiger partial charge in [0.15, 0.2) is 0 Å². The summed E-state index contributed by atoms with van der Waals surface area (Å²) in [5, 5.41) is 0. The first kappa shape index (κ1) is 21.5. The lowest BCUT2D eigenvalue weighted by molar-refractivity contribution is 0.393. The van der Waals surface area contributed by atoms with Crippen molar-refractivity contribution in [3.05, 3.63) is 77.9 Å². The summed E-state index contributed by atoms with van der Waals surface area (Å²) in [6.45, 7) is 2.07. The second-order valence-corrected chi connectivity index (χ2v) is 8.61. The molecule has 6 nitrogen and oxygen atoms in total. The van der Waals surface area contributed by atoms with Gasteiger partial charge < -0.3 is 14.2 Å². The molecule has 0 N–H and O–H groups in total. The summed E-state index contributed by atoms with van der Waals surface area (Å²) in [6, 6.07) is 19.1. The summed E-state index contributed by atoms with van der Waals surface area (Å²) in [6.07, 6.45) is 0. The topological polar surface area (TPSA) is 65.1 Å². The first-order valence-corrected chi connectivity index (χ1v) is 10.8. The second-order valence-electron chi connectivity index (χ2n) is 6.74. The van der Waals surface area contributed by atoms with Crippen molar-refractivity contribution in [2.45, 2.75) is 18.4 Å². The highest BCUT2D eigenvalue weighted by Gasteiger charge is 2.26. The summed E-state index contributed by atoms with van der Waals surface area (Å²) in [5.74, 6) is 1.78. The van der Waals surface area contributed by atoms with Crippen LogP contribution in [0.5, 0.6) is 17.2 Å². The fourth-order valence-corrected chi connectivity index (χ4v) is 4.48. The van der Waals surface area contributed by atoms with E-state index in [1.54, 1.807) is 68.8 Å². The van der Waals surface area contributed by atoms with Crippen molar-refractivity contribution in [3.63, 3.8) is 0 Å². The molecule has 0 radical (unpaired) electrons. The Balaban J connectivity index is 2.08. The molecule has 0 atom stereocenters. The van der Waals surface area contributed by atoms with Gasteiger partial charge in [0.05, 0.1) is 38.5 Å². The molecule has 0 saturated carbocycles. The average Bonchev–Trinajstić information content (AvgIpc) is 2.77. The molecule has 0 heterocycles. The number of sulfonamides is 1. The zero-order chi connectivity index (χ0) is 21.7. The summed E-state index contributed by atoms with van der Waals surface area (Å²) in [4.78, 5) is 0.179. The highest BCUT2D eigenvalue weighted by atomic mass is 32.2. The zero-order valence-corrected chi connectivity index (χ0v) is 18.3. The Morgan fingerprint density at radius 2 is 1.27 bits per heavy atom. The van der Waals surface area contributed by atoms with E-state index in [1.165, 1.54) is 11.4 Å². The van der Waals surface area contributed by atoms with E-state index < -0.39 is 10.0 Å². The summed E-state index contributed by atoms with van der Waals surface area (Å²) < 4.78 is 44.3. The molecule has 0 aliphatic carbocycles. The van der Waals surface area contributed by atoms with Crippen molar-refractivity contribution in [3.8, 4) is 17.2 Å². The molecule has 0 fully saturated rings. The molecule has 0 aromatic heterocycles. The van der Waals surface area contributed by atoms with Gasteiger partial charge in [-0.3, -0.25) is 4.31 Å². The molecule has 3 aromatic rings. The number of nitrogens with zero attached hydrogens (tertiary/aromatic N) is 1. The molecule has 0 spiro atoms. The highest BCUT2D eigenvalue weighted by molar-refractivity contribution is 7.92. The van der Waals surface area contributed by atoms with E-state index in [-0.39, 0.29) is 11.4 Å². The van der Waals surface area contributed by atoms with Crippen molar-refractivity contribution >= 4 is 15.7 Å². The quantitative estimate of drug-likeness (QED) is 0.533. The Labute approximate surface area is 177 Å². The number of rotatable bonds is 8. The van der Waals surface area contributed by atoms with Crippen LogP contribution < -0.4 is 18.5 Å². The number of anilines is 1. The van der Waals surface area contributed by atoms with Gasteiger partial charge in [0.2, 0.25) is 0 Å². The van der Waals surface area contributed by atoms with E-state index in [2.05, 4.69) is 0 Å². The third-order valence-electron chi connectivity index (χ3n) is 4.71. The minimum atomic E-state index is -3.83. The van der Waals surface area contributed by atoms with Crippen LogP contribution in [0.1, 0.15) is 11.1 Å². The molecule has 0 aliphatic heterocycles. The number of aryl methyl sites for hydroxylation is 1. The van der Waals surface area contributed by atoms with Crippen molar-refractivity contribution in [1.82, 2.24) is 0 Å². The summed E-state index contributed by atoms with van der Waals surface area (Å²) >= 11 is 0. The molecular weight excluding hydrogens is 402 g/mol. The normalized spacial score (nSPS) is 11.1. The van der Waals surface area contributed by atoms with E-state index >= 15 is 0 Å². The van der Waals surface area contributed by atoms with Crippen LogP contribution in [0.3, 0.4) is 0 Å². The fourth-order valence-electron chi connectivity index (χ4n) is 3.02. The van der Waals surface area contributed by atoms with E-state index in [9.17, 15) is 8.42 Å². The zero-order valence-electron chi connectivity index (χ0n) is 17.5. The molecular formula is C23H25NO5S. The van der Waals surface area contributed by atoms with Gasteiger partial charge in [-0.25, -0.2) is 8.42 Å². The lowest BCUT2D eigenvalue weighted by Crippen LogP contribution is -2.30. The molecule has 7 heteroatoms. The Morgan fingerprint density at radius 3 is 1.77 bits per heavy atom. The highest BCUT2D eigenvalue weighted by Crippen LogP contribution is 2.30. The largest absolute Gasteiger partial charge is 0.497 e. The van der Waals surface area contributed by atoms with Crippen LogP contribution >= 0.6 is 0 Å². The number of ether oxygens (including phenoxy) is 3. The van der Waals surface area contributed by atoms with Crippen molar-refractivity contribution < 1.29 is 22.6 Å². The van der Waals surface area contributed by atoms with Gasteiger partial charge in [0.25, 0.3) is 10.0 Å². The molecule has 3 rings (SSSR count). The van der Waals surface area contributed by atoms with Gasteiger partial charge in [0, 0.05) is 6.07 Å². The van der Waals surface area contributed by atoms with E-state index in [4.69, 9.17) is 14.2 Å². The number of hydrogen-bond acceptors (Lipinski definition) is 5. The van der Waals surface area contributed by atoms with E-state index in [1.807, 2.05) is 19.1 Å². The summed E-state index contributed by atoms with van der Waals surface area (Å²) in [5.41, 5.74) is 2.35. The van der Waals surface area contributed by atoms with Crippen LogP contribution in [-0.4, -0.2) is 29.7 Å². The maximum atomic E-state index is 13.6. The van der Waals surface area contributed by atoms with Crippen LogP contribution in [0.25, 0.3) is 0 Å². The SMILES string of the molecule is COc1ccc(S(=O)(=O)N(Cc2cc(OC)cc(OC)c2)c2ccc(C)cc2)cc1. The maximum Gasteiger partial charge on any atom is 0.264 e. The third kappa shape index (κ3) is 4.68. The minimum Gasteiger partial charge on any atom is -0.497 e. The van der Waals surface area contributed by atoms with Gasteiger partial charge in [-0.2, -0.15) is 0 Å². The predicted molar refractivity (Wildman–Crippen MR) is 117 cm³/mol. The average molecular weight is 428 g/mol. The maximum absolute atomic E-state index is 13.6. The van der Waals surface area contributed by atoms with Crippen LogP contribution in [0, 0.1) is 6.92 Å². The van der Waals surface area contributed by atoms with Crippen LogP contribution in [0.2, 0.25) is 0 Å². The van der Waals surface area contributed by atoms with Gasteiger partial charge >= 0.3 is 0 Å². The van der Waals surface area contributed by atoms with E-state index in [0.29, 0.717) is 22.9 Å². The Kier molecular flexibility index (Phi) is 6.52. The van der Waals surface area contributed by atoms with Crippen molar-refractivity contribution in [1.29, 1.82) is 0 Å². The van der Waals surface area contributed by atoms with Crippen LogP contribution in [0.4, 0.5) is 5.69 Å². The molecule has 158 valence electrons. The molecule has 0 bridgehead atoms. The number of methoxy groups -OCH3 is 3. The Morgan fingerprint density at radius 1 is 0.733 bits per heavy atom. The van der Waals surface area contributed by atoms with Crippen LogP contribution in [0.15, 0.2) is 71.6 Å². The lowest BCUT2D eigenvalue weighted by atomic mass is 10.2. The number of benzene rings is 3. The van der Waals surface area contributed by atoms with E-state index in [0.717, 1.165) is 11.1 Å². The van der Waals surface area contributed by atoms with Gasteiger partial charge in [0.1, 0.15) is 17.2 Å². The third-order valence-corrected chi connectivity index (χ3v) is 6.49. The monoisotopic (exact) mass is 427 g/mol. The second kappa shape index (κ2) is 9.09. The van der Waals surface area contributed by atoms with Gasteiger partial charge in [-0.05, 0) is 61.0 Å². The summed E-state index contributed by atoms with van der Waals surface area (Å²) in [7, 11) is 0.827. The minimum absolute atomic E-state index is 0.116.